The number of carbonyl (C=O) groups excluding carboxylic acids is 1. The zero-order valence-electron chi connectivity index (χ0n) is 17.0. The molecule has 0 radical (unpaired) electrons. The molecular formula is C21H18F7NO3S. The molecule has 0 heterocycles. The van der Waals surface area contributed by atoms with Crippen molar-refractivity contribution in [3.8, 4) is 0 Å². The number of amides is 1. The van der Waals surface area contributed by atoms with E-state index in [0.717, 1.165) is 24.3 Å². The molecule has 0 saturated heterocycles. The number of hydrogen-bond acceptors (Lipinski definition) is 3. The van der Waals surface area contributed by atoms with Crippen LogP contribution in [-0.2, 0) is 22.2 Å². The van der Waals surface area contributed by atoms with Gasteiger partial charge in [0.15, 0.2) is 9.84 Å². The van der Waals surface area contributed by atoms with Gasteiger partial charge in [0, 0.05) is 11.6 Å². The molecule has 1 aliphatic carbocycles. The van der Waals surface area contributed by atoms with Crippen molar-refractivity contribution in [2.45, 2.75) is 48.3 Å². The van der Waals surface area contributed by atoms with E-state index in [2.05, 4.69) is 5.32 Å². The highest BCUT2D eigenvalue weighted by atomic mass is 32.2. The Labute approximate surface area is 184 Å². The first kappa shape index (κ1) is 25.0. The average Bonchev–Trinajstić information content (AvgIpc) is 2.68. The minimum absolute atomic E-state index is 0.165. The summed E-state index contributed by atoms with van der Waals surface area (Å²) in [6, 6.07) is 4.69. The fraction of sp³-hybridized carbons (Fsp3) is 0.381. The number of rotatable bonds is 5. The highest BCUT2D eigenvalue weighted by Gasteiger charge is 2.41. The smallest absolute Gasteiger partial charge is 0.349 e. The molecule has 2 aromatic carbocycles. The molecule has 1 atom stereocenters. The van der Waals surface area contributed by atoms with Gasteiger partial charge in [-0.05, 0) is 62.1 Å². The third-order valence-corrected chi connectivity index (χ3v) is 7.96. The van der Waals surface area contributed by atoms with Crippen molar-refractivity contribution >= 4 is 15.7 Å². The number of carbonyl (C=O) groups is 1. The second-order valence-corrected chi connectivity index (χ2v) is 10.2. The van der Waals surface area contributed by atoms with Crippen LogP contribution < -0.4 is 5.32 Å². The Morgan fingerprint density at radius 2 is 1.64 bits per heavy atom. The van der Waals surface area contributed by atoms with Gasteiger partial charge in [-0.3, -0.25) is 4.79 Å². The summed E-state index contributed by atoms with van der Waals surface area (Å²) in [5.41, 5.74) is -3.08. The molecule has 180 valence electrons. The molecule has 0 spiro atoms. The second kappa shape index (κ2) is 8.62. The van der Waals surface area contributed by atoms with E-state index in [4.69, 9.17) is 0 Å². The van der Waals surface area contributed by atoms with E-state index in [-0.39, 0.29) is 12.8 Å². The van der Waals surface area contributed by atoms with Gasteiger partial charge in [-0.1, -0.05) is 6.07 Å². The molecule has 3 rings (SSSR count). The monoisotopic (exact) mass is 497 g/mol. The summed E-state index contributed by atoms with van der Waals surface area (Å²) in [5, 5.41) is 1.42. The molecule has 1 fully saturated rings. The van der Waals surface area contributed by atoms with E-state index in [1.54, 1.807) is 0 Å². The van der Waals surface area contributed by atoms with Crippen LogP contribution in [0, 0.1) is 11.7 Å². The van der Waals surface area contributed by atoms with Gasteiger partial charge >= 0.3 is 12.4 Å². The Bertz CT molecular complexity index is 1150. The first-order valence-electron chi connectivity index (χ1n) is 9.69. The van der Waals surface area contributed by atoms with Crippen LogP contribution >= 0.6 is 0 Å². The fourth-order valence-electron chi connectivity index (χ4n) is 3.63. The average molecular weight is 497 g/mol. The summed E-state index contributed by atoms with van der Waals surface area (Å²) in [7, 11) is -4.09. The lowest BCUT2D eigenvalue weighted by Gasteiger charge is -2.39. The number of sulfone groups is 1. The van der Waals surface area contributed by atoms with Crippen molar-refractivity contribution in [2.24, 2.45) is 5.92 Å². The van der Waals surface area contributed by atoms with Crippen molar-refractivity contribution < 1.29 is 43.9 Å². The molecule has 4 nitrogen and oxygen atoms in total. The van der Waals surface area contributed by atoms with Gasteiger partial charge in [0.2, 0.25) is 0 Å². The number of halogens is 7. The third kappa shape index (κ3) is 5.31. The molecule has 1 aliphatic rings. The van der Waals surface area contributed by atoms with E-state index in [0.29, 0.717) is 18.2 Å². The molecule has 33 heavy (non-hydrogen) atoms. The number of benzene rings is 2. The molecule has 1 saturated carbocycles. The largest absolute Gasteiger partial charge is 0.419 e. The van der Waals surface area contributed by atoms with Crippen LogP contribution in [0.5, 0.6) is 0 Å². The maximum Gasteiger partial charge on any atom is 0.419 e. The normalized spacial score (nSPS) is 20.1. The third-order valence-electron chi connectivity index (χ3n) is 5.69. The quantitative estimate of drug-likeness (QED) is 0.576. The summed E-state index contributed by atoms with van der Waals surface area (Å²) in [5.74, 6) is -2.87. The Morgan fingerprint density at radius 1 is 1.00 bits per heavy atom. The van der Waals surface area contributed by atoms with Crippen molar-refractivity contribution in [2.75, 3.05) is 0 Å². The highest BCUT2D eigenvalue weighted by molar-refractivity contribution is 7.92. The molecule has 12 heteroatoms. The van der Waals surface area contributed by atoms with Crippen LogP contribution in [0.15, 0.2) is 47.4 Å². The van der Waals surface area contributed by atoms with E-state index in [1.165, 1.54) is 6.92 Å². The lowest BCUT2D eigenvalue weighted by molar-refractivity contribution is -0.140. The molecular weight excluding hydrogens is 479 g/mol. The Morgan fingerprint density at radius 3 is 2.21 bits per heavy atom. The van der Waals surface area contributed by atoms with Gasteiger partial charge < -0.3 is 5.32 Å². The zero-order chi connectivity index (χ0) is 24.8. The van der Waals surface area contributed by atoms with Gasteiger partial charge in [0.1, 0.15) is 5.82 Å². The predicted octanol–water partition coefficient (Wildman–Crippen LogP) is 5.23. The Hall–Kier alpha value is -2.63. The van der Waals surface area contributed by atoms with Gasteiger partial charge in [-0.25, -0.2) is 12.8 Å². The van der Waals surface area contributed by atoms with Gasteiger partial charge in [0.25, 0.3) is 5.91 Å². The van der Waals surface area contributed by atoms with Crippen molar-refractivity contribution in [3.63, 3.8) is 0 Å². The van der Waals surface area contributed by atoms with Crippen LogP contribution in [0.2, 0.25) is 0 Å². The molecule has 1 amide bonds. The van der Waals surface area contributed by atoms with Crippen molar-refractivity contribution in [1.29, 1.82) is 0 Å². The van der Waals surface area contributed by atoms with Gasteiger partial charge in [0.05, 0.1) is 21.3 Å². The topological polar surface area (TPSA) is 63.2 Å². The van der Waals surface area contributed by atoms with Crippen LogP contribution in [0.3, 0.4) is 0 Å². The number of nitrogens with one attached hydrogen (secondary N) is 1. The van der Waals surface area contributed by atoms with Crippen LogP contribution in [-0.4, -0.2) is 25.6 Å². The molecule has 0 unspecified atom stereocenters. The van der Waals surface area contributed by atoms with E-state index in [1.807, 2.05) is 0 Å². The van der Waals surface area contributed by atoms with E-state index < -0.39 is 72.7 Å². The molecule has 0 aromatic heterocycles. The summed E-state index contributed by atoms with van der Waals surface area (Å²) in [4.78, 5) is 11.8. The van der Waals surface area contributed by atoms with Crippen molar-refractivity contribution in [3.05, 3.63) is 65.0 Å². The van der Waals surface area contributed by atoms with Crippen LogP contribution in [0.4, 0.5) is 30.7 Å². The van der Waals surface area contributed by atoms with Gasteiger partial charge in [-0.15, -0.1) is 0 Å². The van der Waals surface area contributed by atoms with E-state index in [9.17, 15) is 43.9 Å². The Balaban J connectivity index is 1.65. The lowest BCUT2D eigenvalue weighted by Crippen LogP contribution is -2.48. The summed E-state index contributed by atoms with van der Waals surface area (Å²) in [6.07, 6.45) is -9.35. The van der Waals surface area contributed by atoms with Gasteiger partial charge in [-0.2, -0.15) is 26.3 Å². The standard InChI is InChI=1S/C21H18F7NO3S/c1-11(33(31,32)16-4-2-3-14(10-16)20(23,24)25)13-7-15(8-13)29-19(30)12-5-6-18(22)17(9-12)21(26,27)28/h2-6,9-11,13,15H,7-8H2,1H3,(H,29,30)/t11-,13-,15-/m1/s1. The summed E-state index contributed by atoms with van der Waals surface area (Å²) >= 11 is 0. The van der Waals surface area contributed by atoms with E-state index >= 15 is 0 Å². The Kier molecular flexibility index (Phi) is 6.53. The summed E-state index contributed by atoms with van der Waals surface area (Å²) in [6.45, 7) is 1.36. The minimum atomic E-state index is -4.98. The van der Waals surface area contributed by atoms with Crippen molar-refractivity contribution in [1.82, 2.24) is 5.32 Å². The highest BCUT2D eigenvalue weighted by Crippen LogP contribution is 2.38. The zero-order valence-corrected chi connectivity index (χ0v) is 17.8. The summed E-state index contributed by atoms with van der Waals surface area (Å²) < 4.78 is 116. The number of hydrogen-bond donors (Lipinski definition) is 1. The predicted molar refractivity (Wildman–Crippen MR) is 103 cm³/mol. The molecule has 0 bridgehead atoms. The lowest BCUT2D eigenvalue weighted by atomic mass is 9.78. The maximum absolute atomic E-state index is 13.4. The first-order chi connectivity index (χ1) is 15.1. The minimum Gasteiger partial charge on any atom is -0.349 e. The van der Waals surface area contributed by atoms with Crippen LogP contribution in [0.1, 0.15) is 41.3 Å². The number of alkyl halides is 6. The maximum atomic E-state index is 13.4. The molecule has 0 aliphatic heterocycles. The van der Waals surface area contributed by atoms with Crippen LogP contribution in [0.25, 0.3) is 0 Å². The molecule has 2 aromatic rings. The molecule has 1 N–H and O–H groups in total. The first-order valence-corrected chi connectivity index (χ1v) is 11.2. The SMILES string of the molecule is C[C@H]([C@H]1C[C@H](NC(=O)c2ccc(F)c(C(F)(F)F)c2)C1)S(=O)(=O)c1cccc(C(F)(F)F)c1. The second-order valence-electron chi connectivity index (χ2n) is 7.87. The fourth-order valence-corrected chi connectivity index (χ4v) is 5.35.